The van der Waals surface area contributed by atoms with Crippen LogP contribution < -0.4 is 19.7 Å². The Hall–Kier alpha value is -4.18. The minimum Gasteiger partial charge on any atom is -0.494 e. The fraction of sp³-hybridized carbons (Fsp3) is 0.286. The maximum Gasteiger partial charge on any atom is 0.256 e. The molecule has 0 unspecified atom stereocenters. The zero-order chi connectivity index (χ0) is 26.8. The molecule has 5 rings (SSSR count). The van der Waals surface area contributed by atoms with Crippen LogP contribution in [0.5, 0.6) is 11.5 Å². The van der Waals surface area contributed by atoms with E-state index in [9.17, 15) is 13.6 Å². The number of aromatic nitrogens is 2. The molecule has 8 nitrogen and oxygen atoms in total. The van der Waals surface area contributed by atoms with E-state index in [0.717, 1.165) is 44.4 Å². The van der Waals surface area contributed by atoms with Gasteiger partial charge in [-0.15, -0.1) is 0 Å². The fourth-order valence-electron chi connectivity index (χ4n) is 4.72. The van der Waals surface area contributed by atoms with Crippen LogP contribution in [0.4, 0.5) is 20.3 Å². The van der Waals surface area contributed by atoms with E-state index in [1.54, 1.807) is 30.3 Å². The first-order valence-electron chi connectivity index (χ1n) is 12.3. The monoisotopic (exact) mass is 521 g/mol. The van der Waals surface area contributed by atoms with Gasteiger partial charge in [0.1, 0.15) is 0 Å². The van der Waals surface area contributed by atoms with Crippen LogP contribution in [-0.2, 0) is 0 Å². The number of anilines is 2. The minimum absolute atomic E-state index is 0.134. The molecule has 1 saturated heterocycles. The van der Waals surface area contributed by atoms with E-state index in [4.69, 9.17) is 9.47 Å². The van der Waals surface area contributed by atoms with Crippen molar-refractivity contribution >= 4 is 28.3 Å². The van der Waals surface area contributed by atoms with E-state index < -0.39 is 11.6 Å². The van der Waals surface area contributed by atoms with Gasteiger partial charge in [-0.3, -0.25) is 9.89 Å². The maximum atomic E-state index is 15.0. The highest BCUT2D eigenvalue weighted by molar-refractivity contribution is 6.08. The normalized spacial score (nSPS) is 14.4. The molecule has 0 atom stereocenters. The van der Waals surface area contributed by atoms with Crippen LogP contribution in [0.15, 0.2) is 48.5 Å². The van der Waals surface area contributed by atoms with Gasteiger partial charge in [0, 0.05) is 42.3 Å². The first-order valence-corrected chi connectivity index (χ1v) is 12.3. The quantitative estimate of drug-likeness (QED) is 0.375. The Morgan fingerprint density at radius 1 is 0.947 bits per heavy atom. The zero-order valence-electron chi connectivity index (χ0n) is 21.5. The Labute approximate surface area is 219 Å². The predicted octanol–water partition coefficient (Wildman–Crippen LogP) is 4.92. The van der Waals surface area contributed by atoms with Crippen molar-refractivity contribution in [2.75, 3.05) is 57.7 Å². The van der Waals surface area contributed by atoms with Crippen molar-refractivity contribution in [2.45, 2.75) is 6.42 Å². The van der Waals surface area contributed by atoms with Crippen LogP contribution in [0, 0.1) is 11.6 Å². The number of aromatic amines is 1. The molecule has 1 aromatic heterocycles. The van der Waals surface area contributed by atoms with E-state index in [2.05, 4.69) is 32.4 Å². The summed E-state index contributed by atoms with van der Waals surface area (Å²) in [6.45, 7) is 4.00. The molecule has 0 radical (unpaired) electrons. The average molecular weight is 522 g/mol. The number of amides is 1. The molecule has 2 N–H and O–H groups in total. The van der Waals surface area contributed by atoms with Crippen LogP contribution in [0.1, 0.15) is 16.8 Å². The van der Waals surface area contributed by atoms with Crippen molar-refractivity contribution in [1.29, 1.82) is 0 Å². The summed E-state index contributed by atoms with van der Waals surface area (Å²) in [6.07, 6.45) is 1.09. The molecule has 0 saturated carbocycles. The van der Waals surface area contributed by atoms with Gasteiger partial charge >= 0.3 is 0 Å². The lowest BCUT2D eigenvalue weighted by Gasteiger charge is -2.23. The van der Waals surface area contributed by atoms with Gasteiger partial charge < -0.3 is 24.6 Å². The van der Waals surface area contributed by atoms with Gasteiger partial charge in [0.2, 0.25) is 0 Å². The van der Waals surface area contributed by atoms with Crippen molar-refractivity contribution < 1.29 is 23.0 Å². The highest BCUT2D eigenvalue weighted by Crippen LogP contribution is 2.38. The van der Waals surface area contributed by atoms with E-state index in [1.807, 2.05) is 12.1 Å². The summed E-state index contributed by atoms with van der Waals surface area (Å²) in [5, 5.41) is 10.5. The molecule has 10 heteroatoms. The number of benzene rings is 3. The van der Waals surface area contributed by atoms with Crippen LogP contribution in [0.2, 0.25) is 0 Å². The minimum atomic E-state index is -0.839. The van der Waals surface area contributed by atoms with Crippen molar-refractivity contribution in [2.24, 2.45) is 0 Å². The summed E-state index contributed by atoms with van der Waals surface area (Å²) >= 11 is 0. The molecule has 1 fully saturated rings. The summed E-state index contributed by atoms with van der Waals surface area (Å²) in [5.41, 5.74) is 2.07. The third-order valence-electron chi connectivity index (χ3n) is 6.87. The van der Waals surface area contributed by atoms with Crippen LogP contribution >= 0.6 is 0 Å². The summed E-state index contributed by atoms with van der Waals surface area (Å²) in [6, 6.07) is 13.4. The molecular weight excluding hydrogens is 492 g/mol. The van der Waals surface area contributed by atoms with Crippen molar-refractivity contribution in [1.82, 2.24) is 15.1 Å². The molecule has 0 bridgehead atoms. The van der Waals surface area contributed by atoms with Crippen LogP contribution in [0.25, 0.3) is 22.0 Å². The highest BCUT2D eigenvalue weighted by atomic mass is 19.1. The Kier molecular flexibility index (Phi) is 7.15. The first-order chi connectivity index (χ1) is 18.4. The van der Waals surface area contributed by atoms with E-state index in [0.29, 0.717) is 22.3 Å². The summed E-state index contributed by atoms with van der Waals surface area (Å²) in [4.78, 5) is 17.6. The number of ether oxygens (including phenoxy) is 2. The summed E-state index contributed by atoms with van der Waals surface area (Å²) in [7, 11) is 4.73. The number of hydrogen-bond acceptors (Lipinski definition) is 6. The lowest BCUT2D eigenvalue weighted by Crippen LogP contribution is -2.28. The predicted molar refractivity (Wildman–Crippen MR) is 143 cm³/mol. The summed E-state index contributed by atoms with van der Waals surface area (Å²) in [5.74, 6) is -1.93. The van der Waals surface area contributed by atoms with Gasteiger partial charge in [-0.05, 0) is 62.0 Å². The SMILES string of the molecule is COc1cc(OC)c(F)c(-c2ccc3c(NC(=O)c4ccc(N5CCCN(C)CC5)cc4)n[nH]c3c2)c1F. The highest BCUT2D eigenvalue weighted by Gasteiger charge is 2.22. The van der Waals surface area contributed by atoms with Crippen molar-refractivity contribution in [3.8, 4) is 22.6 Å². The molecule has 3 aromatic carbocycles. The molecule has 0 aliphatic carbocycles. The Morgan fingerprint density at radius 2 is 1.66 bits per heavy atom. The smallest absolute Gasteiger partial charge is 0.256 e. The summed E-state index contributed by atoms with van der Waals surface area (Å²) < 4.78 is 40.0. The number of halogens is 2. The molecule has 1 aliphatic rings. The van der Waals surface area contributed by atoms with E-state index in [-0.39, 0.29) is 28.5 Å². The first kappa shape index (κ1) is 25.5. The van der Waals surface area contributed by atoms with Gasteiger partial charge in [-0.2, -0.15) is 5.10 Å². The molecule has 1 aliphatic heterocycles. The average Bonchev–Trinajstić information content (AvgIpc) is 3.19. The Bertz CT molecular complexity index is 1440. The number of methoxy groups -OCH3 is 2. The molecule has 0 spiro atoms. The largest absolute Gasteiger partial charge is 0.494 e. The Balaban J connectivity index is 1.36. The van der Waals surface area contributed by atoms with E-state index in [1.165, 1.54) is 14.2 Å². The number of carbonyl (C=O) groups excluding carboxylic acids is 1. The molecule has 198 valence electrons. The number of nitrogens with zero attached hydrogens (tertiary/aromatic N) is 3. The van der Waals surface area contributed by atoms with Crippen LogP contribution in [0.3, 0.4) is 0 Å². The molecular formula is C28H29F2N5O3. The number of carbonyl (C=O) groups is 1. The lowest BCUT2D eigenvalue weighted by atomic mass is 10.0. The van der Waals surface area contributed by atoms with E-state index >= 15 is 0 Å². The number of rotatable bonds is 6. The molecule has 2 heterocycles. The van der Waals surface area contributed by atoms with Crippen LogP contribution in [-0.4, -0.2) is 68.5 Å². The van der Waals surface area contributed by atoms with Gasteiger partial charge in [0.25, 0.3) is 5.91 Å². The molecule has 38 heavy (non-hydrogen) atoms. The second kappa shape index (κ2) is 10.7. The molecule has 4 aromatic rings. The Morgan fingerprint density at radius 3 is 2.34 bits per heavy atom. The number of nitrogens with one attached hydrogen (secondary N) is 2. The van der Waals surface area contributed by atoms with Crippen molar-refractivity contribution in [3.05, 3.63) is 65.7 Å². The van der Waals surface area contributed by atoms with Crippen molar-refractivity contribution in [3.63, 3.8) is 0 Å². The van der Waals surface area contributed by atoms with Gasteiger partial charge in [-0.25, -0.2) is 8.78 Å². The fourth-order valence-corrected chi connectivity index (χ4v) is 4.72. The molecule has 1 amide bonds. The number of fused-ring (bicyclic) bond motifs is 1. The standard InChI is InChI=1S/C28H29F2N5O3/c1-34-11-4-12-35(14-13-34)19-8-5-17(6-9-19)28(36)31-27-20-10-7-18(15-21(20)32-33-27)24-25(29)22(37-2)16-23(38-3)26(24)30/h5-10,15-16H,4,11-14H2,1-3H3,(H2,31,32,33,36). The zero-order valence-corrected chi connectivity index (χ0v) is 21.5. The number of likely N-dealkylation sites (N-methyl/N-ethyl adjacent to an activating group) is 1. The second-order valence-electron chi connectivity index (χ2n) is 9.26. The van der Waals surface area contributed by atoms with Gasteiger partial charge in [0.15, 0.2) is 29.0 Å². The van der Waals surface area contributed by atoms with Gasteiger partial charge in [0.05, 0.1) is 25.3 Å². The second-order valence-corrected chi connectivity index (χ2v) is 9.26. The third kappa shape index (κ3) is 4.87. The van der Waals surface area contributed by atoms with Gasteiger partial charge in [-0.1, -0.05) is 6.07 Å². The number of H-pyrrole nitrogens is 1. The number of hydrogen-bond donors (Lipinski definition) is 2. The topological polar surface area (TPSA) is 82.7 Å². The maximum absolute atomic E-state index is 15.0. The lowest BCUT2D eigenvalue weighted by molar-refractivity contribution is 0.102. The third-order valence-corrected chi connectivity index (χ3v) is 6.87.